The third kappa shape index (κ3) is 15.6. The van der Waals surface area contributed by atoms with Crippen molar-refractivity contribution < 1.29 is 39.6 Å². The van der Waals surface area contributed by atoms with Crippen LogP contribution in [0, 0.1) is 40.1 Å². The Morgan fingerprint density at radius 2 is 0.527 bits per heavy atom. The van der Waals surface area contributed by atoms with Crippen molar-refractivity contribution in [2.24, 2.45) is 0 Å². The molecule has 13 heteroatoms. The Labute approximate surface area is 526 Å². The van der Waals surface area contributed by atoms with E-state index in [1.165, 1.54) is 35.4 Å². The van der Waals surface area contributed by atoms with Gasteiger partial charge in [-0.25, -0.2) is 19.4 Å². The molecule has 13 nitrogen and oxygen atoms in total. The summed E-state index contributed by atoms with van der Waals surface area (Å²) in [6.45, 7) is 33.6. The highest BCUT2D eigenvalue weighted by Crippen LogP contribution is 2.38. The Bertz CT molecular complexity index is 4280. The number of carbonyl (C=O) groups is 4. The van der Waals surface area contributed by atoms with Gasteiger partial charge in [-0.2, -0.15) is 0 Å². The Balaban J connectivity index is 1.15. The van der Waals surface area contributed by atoms with Crippen LogP contribution < -0.4 is 4.90 Å². The highest BCUT2D eigenvalue weighted by Gasteiger charge is 2.17. The third-order valence-electron chi connectivity index (χ3n) is 14.7. The van der Waals surface area contributed by atoms with Gasteiger partial charge < -0.3 is 25.3 Å². The number of hydrogen-bond acceptors (Lipinski definition) is 5. The molecule has 0 saturated heterocycles. The van der Waals surface area contributed by atoms with Crippen LogP contribution in [0.15, 0.2) is 241 Å². The number of carboxylic acid groups (broad SMARTS) is 4. The van der Waals surface area contributed by atoms with Crippen molar-refractivity contribution in [1.82, 2.24) is 0 Å². The second-order valence-electron chi connectivity index (χ2n) is 20.7. The zero-order chi connectivity index (χ0) is 64.6. The zero-order valence-electron chi connectivity index (χ0n) is 49.0. The molecule has 9 rings (SSSR count). The van der Waals surface area contributed by atoms with E-state index in [2.05, 4.69) is 98.8 Å². The second kappa shape index (κ2) is 28.8. The van der Waals surface area contributed by atoms with Gasteiger partial charge >= 0.3 is 23.9 Å². The van der Waals surface area contributed by atoms with Crippen molar-refractivity contribution in [1.29, 1.82) is 0 Å². The zero-order valence-corrected chi connectivity index (χ0v) is 49.0. The Morgan fingerprint density at radius 1 is 0.297 bits per heavy atom. The van der Waals surface area contributed by atoms with E-state index in [9.17, 15) is 39.6 Å². The predicted molar refractivity (Wildman–Crippen MR) is 359 cm³/mol. The summed E-state index contributed by atoms with van der Waals surface area (Å²) < 4.78 is 0. The summed E-state index contributed by atoms with van der Waals surface area (Å²) in [5.74, 6) is -5.35. The first-order chi connectivity index (χ1) is 44.0. The SMILES string of the molecule is [C-]#[N+]C(=Cc1ccc(C(=Cc2ccc(N(c3ccc(C=C(c4ccc(C=C([N+]#[C-])C(=O)O)cc4)c4ccc(C=C([N+]#[C-])C(=O)O)cc4)cc3)c3ccc(C=C(c4ccccc4)c4ccc(C)c(C)c4)cc3)cc2)c2ccc(C=C([N+]#[C-])C(=O)O)cc2)cc1)C(=O)O. The summed E-state index contributed by atoms with van der Waals surface area (Å²) in [6, 6.07) is 69.6. The van der Waals surface area contributed by atoms with E-state index in [1.807, 2.05) is 127 Å². The van der Waals surface area contributed by atoms with Gasteiger partial charge in [0.1, 0.15) is 0 Å². The van der Waals surface area contributed by atoms with Gasteiger partial charge in [0.05, 0.1) is 26.3 Å². The third-order valence-corrected chi connectivity index (χ3v) is 14.7. The largest absolute Gasteiger partial charge is 0.486 e. The van der Waals surface area contributed by atoms with Crippen LogP contribution in [-0.4, -0.2) is 44.3 Å². The fourth-order valence-electron chi connectivity index (χ4n) is 9.87. The molecule has 0 saturated carbocycles. The van der Waals surface area contributed by atoms with Crippen LogP contribution in [0.3, 0.4) is 0 Å². The highest BCUT2D eigenvalue weighted by molar-refractivity contribution is 5.99. The number of anilines is 3. The lowest BCUT2D eigenvalue weighted by Gasteiger charge is -2.26. The summed E-state index contributed by atoms with van der Waals surface area (Å²) in [5.41, 5.74) is 15.7. The minimum Gasteiger partial charge on any atom is -0.486 e. The van der Waals surface area contributed by atoms with Gasteiger partial charge in [0.25, 0.3) is 22.8 Å². The van der Waals surface area contributed by atoms with E-state index in [4.69, 9.17) is 26.3 Å². The summed E-state index contributed by atoms with van der Waals surface area (Å²) in [7, 11) is 0. The molecule has 0 radical (unpaired) electrons. The van der Waals surface area contributed by atoms with Crippen molar-refractivity contribution in [3.8, 4) is 0 Å². The van der Waals surface area contributed by atoms with Crippen LogP contribution in [0.25, 0.3) is 78.6 Å². The number of hydrogen-bond donors (Lipinski definition) is 4. The van der Waals surface area contributed by atoms with Gasteiger partial charge in [-0.15, -0.1) is 0 Å². The Kier molecular flexibility index (Phi) is 19.7. The number of carboxylic acids is 4. The first kappa shape index (κ1) is 62.3. The topological polar surface area (TPSA) is 170 Å². The molecule has 91 heavy (non-hydrogen) atoms. The number of aryl methyl sites for hydroxylation is 2. The summed E-state index contributed by atoms with van der Waals surface area (Å²) in [5, 5.41) is 38.1. The minimum atomic E-state index is -1.34. The molecule has 0 aromatic heterocycles. The van der Waals surface area contributed by atoms with Crippen LogP contribution in [0.4, 0.5) is 17.1 Å². The number of aliphatic carboxylic acids is 4. The Morgan fingerprint density at radius 3 is 0.780 bits per heavy atom. The van der Waals surface area contributed by atoms with E-state index < -0.39 is 46.7 Å². The molecular formula is C78H53N5O8. The van der Waals surface area contributed by atoms with Gasteiger partial charge in [-0.05, 0) is 193 Å². The maximum atomic E-state index is 11.7. The molecule has 438 valence electrons. The van der Waals surface area contributed by atoms with Gasteiger partial charge in [-0.1, -0.05) is 182 Å². The normalized spacial score (nSPS) is 11.6. The molecule has 0 aliphatic heterocycles. The number of rotatable bonds is 20. The fourth-order valence-corrected chi connectivity index (χ4v) is 9.87. The van der Waals surface area contributed by atoms with Crippen LogP contribution in [0.5, 0.6) is 0 Å². The van der Waals surface area contributed by atoms with Crippen molar-refractivity contribution in [3.63, 3.8) is 0 Å². The van der Waals surface area contributed by atoms with Crippen molar-refractivity contribution in [3.05, 3.63) is 370 Å². The van der Waals surface area contributed by atoms with Crippen molar-refractivity contribution >= 4 is 100 Å². The molecule has 0 spiro atoms. The van der Waals surface area contributed by atoms with E-state index in [1.54, 1.807) is 48.5 Å². The van der Waals surface area contributed by atoms with Gasteiger partial charge in [0, 0.05) is 17.1 Å². The van der Waals surface area contributed by atoms with Crippen LogP contribution >= 0.6 is 0 Å². The van der Waals surface area contributed by atoms with E-state index in [0.717, 1.165) is 83.9 Å². The molecule has 9 aromatic carbocycles. The average molecular weight is 1190 g/mol. The average Bonchev–Trinajstić information content (AvgIpc) is 0.944. The van der Waals surface area contributed by atoms with Crippen molar-refractivity contribution in [2.75, 3.05) is 4.90 Å². The molecule has 0 amide bonds. The molecule has 0 aliphatic rings. The van der Waals surface area contributed by atoms with E-state index in [0.29, 0.717) is 22.3 Å². The van der Waals surface area contributed by atoms with Crippen molar-refractivity contribution in [2.45, 2.75) is 13.8 Å². The lowest BCUT2D eigenvalue weighted by molar-refractivity contribution is -0.133. The summed E-state index contributed by atoms with van der Waals surface area (Å²) in [6.07, 6.45) is 11.4. The van der Waals surface area contributed by atoms with Gasteiger partial charge in [0.2, 0.25) is 0 Å². The first-order valence-corrected chi connectivity index (χ1v) is 28.1. The fraction of sp³-hybridized carbons (Fsp3) is 0.0256. The first-order valence-electron chi connectivity index (χ1n) is 28.1. The van der Waals surface area contributed by atoms with Crippen LogP contribution in [0.2, 0.25) is 0 Å². The lowest BCUT2D eigenvalue weighted by atomic mass is 9.93. The molecular weight excluding hydrogens is 1130 g/mol. The monoisotopic (exact) mass is 1190 g/mol. The second-order valence-corrected chi connectivity index (χ2v) is 20.7. The molecule has 0 bridgehead atoms. The standard InChI is InChI=1S/C78H53N5O8/c1-50-12-27-64(42-51(50)2)70(59-10-8-7-9-11-59)45-54-25-40-67(41-26-54)83(65-36-21-52(22-37-65)43-68(60-28-13-55(14-29-60)46-71(79-3)75(84)85)61-30-15-56(16-31-61)47-72(80-4)76(86)87)66-38-23-53(24-39-66)44-69(62-32-17-57(18-33-62)48-73(81-5)77(88)89)63-34-19-58(20-35-63)49-74(82-6)78(90)91/h7-49H,1-2H3,(H,84,85)(H,86,87)(H,88,89)(H,90,91). The maximum Gasteiger partial charge on any atom is 0.333 e. The Hall–Kier alpha value is -13.2. The quantitative estimate of drug-likeness (QED) is 0.0329. The van der Waals surface area contributed by atoms with E-state index >= 15 is 0 Å². The predicted octanol–water partition coefficient (Wildman–Crippen LogP) is 17.9. The van der Waals surface area contributed by atoms with Gasteiger partial charge in [0.15, 0.2) is 0 Å². The molecule has 0 unspecified atom stereocenters. The molecule has 4 N–H and O–H groups in total. The molecule has 0 aliphatic carbocycles. The molecule has 0 atom stereocenters. The van der Waals surface area contributed by atoms with Crippen LogP contribution in [-0.2, 0) is 19.2 Å². The number of benzene rings is 9. The smallest absolute Gasteiger partial charge is 0.333 e. The maximum absolute atomic E-state index is 11.7. The molecule has 0 fully saturated rings. The lowest BCUT2D eigenvalue weighted by Crippen LogP contribution is -2.09. The van der Waals surface area contributed by atoms with Gasteiger partial charge in [-0.3, -0.25) is 19.2 Å². The highest BCUT2D eigenvalue weighted by atomic mass is 16.4. The molecule has 0 heterocycles. The number of nitrogens with zero attached hydrogens (tertiary/aromatic N) is 5. The summed E-state index contributed by atoms with van der Waals surface area (Å²) in [4.78, 5) is 61.4. The van der Waals surface area contributed by atoms with E-state index in [-0.39, 0.29) is 0 Å². The molecule has 9 aromatic rings. The van der Waals surface area contributed by atoms with Crippen LogP contribution in [0.1, 0.15) is 83.5 Å². The summed E-state index contributed by atoms with van der Waals surface area (Å²) >= 11 is 0. The minimum absolute atomic E-state index is 0.431.